The van der Waals surface area contributed by atoms with Crippen molar-refractivity contribution in [2.45, 2.75) is 71.8 Å². The van der Waals surface area contributed by atoms with Crippen LogP contribution in [0.1, 0.15) is 76.6 Å². The Morgan fingerprint density at radius 2 is 1.89 bits per heavy atom. The maximum atomic E-state index is 9.12. The smallest absolute Gasteiger partial charge is 0.186 e. The third-order valence-corrected chi connectivity index (χ3v) is 3.48. The van der Waals surface area contributed by atoms with Gasteiger partial charge in [-0.1, -0.05) is 45.2 Å². The Balaban J connectivity index is 2.78. The van der Waals surface area contributed by atoms with Gasteiger partial charge in [0.15, 0.2) is 5.69 Å². The van der Waals surface area contributed by atoms with Crippen molar-refractivity contribution in [2.75, 3.05) is 0 Å². The minimum atomic E-state index is 0.404. The first kappa shape index (κ1) is 14.7. The van der Waals surface area contributed by atoms with Crippen LogP contribution in [0.15, 0.2) is 0 Å². The van der Waals surface area contributed by atoms with Crippen LogP contribution in [-0.4, -0.2) is 15.0 Å². The molecule has 0 aliphatic rings. The Hall–Kier alpha value is -1.37. The molecule has 0 N–H and O–H groups in total. The van der Waals surface area contributed by atoms with Crippen LogP contribution in [0.5, 0.6) is 0 Å². The molecule has 0 fully saturated rings. The lowest BCUT2D eigenvalue weighted by Crippen LogP contribution is -2.10. The van der Waals surface area contributed by atoms with Gasteiger partial charge in [-0.25, -0.2) is 4.68 Å². The average Bonchev–Trinajstić information content (AvgIpc) is 2.80. The van der Waals surface area contributed by atoms with Crippen LogP contribution in [-0.2, 0) is 6.54 Å². The number of nitrogens with zero attached hydrogens (tertiary/aromatic N) is 4. The van der Waals surface area contributed by atoms with Crippen LogP contribution in [0, 0.1) is 11.3 Å². The second-order valence-corrected chi connectivity index (χ2v) is 4.73. The normalized spacial score (nSPS) is 10.8. The highest BCUT2D eigenvalue weighted by molar-refractivity contribution is 5.27. The summed E-state index contributed by atoms with van der Waals surface area (Å²) in [7, 11) is 0. The molecule has 0 amide bonds. The molecule has 1 heterocycles. The van der Waals surface area contributed by atoms with Gasteiger partial charge in [0.2, 0.25) is 0 Å². The van der Waals surface area contributed by atoms with Gasteiger partial charge >= 0.3 is 0 Å². The van der Waals surface area contributed by atoms with E-state index in [0.717, 1.165) is 31.5 Å². The van der Waals surface area contributed by atoms with Crippen LogP contribution in [0.2, 0.25) is 0 Å². The Bertz CT molecular complexity index is 385. The van der Waals surface area contributed by atoms with E-state index in [2.05, 4.69) is 37.2 Å². The van der Waals surface area contributed by atoms with E-state index < -0.39 is 0 Å². The number of unbranched alkanes of at least 4 members (excludes halogenated alkanes) is 3. The summed E-state index contributed by atoms with van der Waals surface area (Å²) in [6.07, 6.45) is 6.91. The molecule has 0 aliphatic heterocycles. The lowest BCUT2D eigenvalue weighted by molar-refractivity contribution is 0.483. The summed E-state index contributed by atoms with van der Waals surface area (Å²) in [6, 6.07) is 2.17. The predicted octanol–water partition coefficient (Wildman–Crippen LogP) is 3.63. The van der Waals surface area contributed by atoms with Crippen LogP contribution in [0.4, 0.5) is 0 Å². The van der Waals surface area contributed by atoms with Crippen molar-refractivity contribution in [3.05, 3.63) is 11.4 Å². The topological polar surface area (TPSA) is 54.5 Å². The van der Waals surface area contributed by atoms with Crippen molar-refractivity contribution in [2.24, 2.45) is 0 Å². The van der Waals surface area contributed by atoms with Crippen LogP contribution >= 0.6 is 0 Å². The summed E-state index contributed by atoms with van der Waals surface area (Å²) in [5.41, 5.74) is 1.55. The Labute approximate surface area is 110 Å². The molecular formula is C14H24N4. The maximum absolute atomic E-state index is 9.12. The Morgan fingerprint density at radius 3 is 2.44 bits per heavy atom. The Kier molecular flexibility index (Phi) is 6.42. The van der Waals surface area contributed by atoms with Gasteiger partial charge in [-0.3, -0.25) is 0 Å². The van der Waals surface area contributed by atoms with Gasteiger partial charge in [-0.05, 0) is 19.3 Å². The highest BCUT2D eigenvalue weighted by atomic mass is 15.4. The van der Waals surface area contributed by atoms with Crippen LogP contribution in [0.25, 0.3) is 0 Å². The molecule has 0 saturated carbocycles. The lowest BCUT2D eigenvalue weighted by atomic mass is 9.97. The first-order chi connectivity index (χ1) is 8.78. The molecule has 1 aromatic heterocycles. The van der Waals surface area contributed by atoms with E-state index in [1.807, 2.05) is 4.68 Å². The molecule has 0 aromatic carbocycles. The first-order valence-electron chi connectivity index (χ1n) is 7.11. The molecule has 0 saturated heterocycles. The second-order valence-electron chi connectivity index (χ2n) is 4.73. The molecule has 1 aromatic rings. The standard InChI is InChI=1S/C14H24N4/c1-4-7-8-9-10-18-14(12(5-2)6-3)13(11-15)16-17-18/h12H,4-10H2,1-3H3. The molecule has 0 aliphatic carbocycles. The molecule has 0 radical (unpaired) electrons. The van der Waals surface area contributed by atoms with Gasteiger partial charge in [0.1, 0.15) is 6.07 Å². The summed E-state index contributed by atoms with van der Waals surface area (Å²) in [5.74, 6) is 0.404. The van der Waals surface area contributed by atoms with Gasteiger partial charge in [-0.2, -0.15) is 5.26 Å². The van der Waals surface area contributed by atoms with Crippen molar-refractivity contribution in [3.8, 4) is 6.07 Å². The van der Waals surface area contributed by atoms with Gasteiger partial charge in [-0.15, -0.1) is 5.10 Å². The largest absolute Gasteiger partial charge is 0.248 e. The molecule has 1 rings (SSSR count). The van der Waals surface area contributed by atoms with Gasteiger partial charge in [0.05, 0.1) is 5.69 Å². The van der Waals surface area contributed by atoms with E-state index in [9.17, 15) is 0 Å². The van der Waals surface area contributed by atoms with Crippen molar-refractivity contribution >= 4 is 0 Å². The predicted molar refractivity (Wildman–Crippen MR) is 72.2 cm³/mol. The fraction of sp³-hybridized carbons (Fsp3) is 0.786. The molecular weight excluding hydrogens is 224 g/mol. The monoisotopic (exact) mass is 248 g/mol. The molecule has 0 spiro atoms. The first-order valence-corrected chi connectivity index (χ1v) is 7.11. The molecule has 0 atom stereocenters. The highest BCUT2D eigenvalue weighted by Gasteiger charge is 2.19. The third-order valence-electron chi connectivity index (χ3n) is 3.48. The van der Waals surface area contributed by atoms with E-state index in [1.165, 1.54) is 19.3 Å². The average molecular weight is 248 g/mol. The van der Waals surface area contributed by atoms with Gasteiger partial charge in [0, 0.05) is 12.5 Å². The number of rotatable bonds is 8. The summed E-state index contributed by atoms with van der Waals surface area (Å²) in [6.45, 7) is 7.41. The lowest BCUT2D eigenvalue weighted by Gasteiger charge is -2.14. The number of aromatic nitrogens is 3. The number of hydrogen-bond donors (Lipinski definition) is 0. The van der Waals surface area contributed by atoms with E-state index in [1.54, 1.807) is 0 Å². The summed E-state index contributed by atoms with van der Waals surface area (Å²) >= 11 is 0. The zero-order chi connectivity index (χ0) is 13.4. The number of aryl methyl sites for hydroxylation is 1. The van der Waals surface area contributed by atoms with E-state index in [0.29, 0.717) is 11.6 Å². The molecule has 100 valence electrons. The molecule has 0 bridgehead atoms. The van der Waals surface area contributed by atoms with E-state index in [4.69, 9.17) is 5.26 Å². The van der Waals surface area contributed by atoms with Gasteiger partial charge in [0.25, 0.3) is 0 Å². The minimum Gasteiger partial charge on any atom is -0.248 e. The molecule has 4 heteroatoms. The third kappa shape index (κ3) is 3.56. The minimum absolute atomic E-state index is 0.404. The quantitative estimate of drug-likeness (QED) is 0.660. The van der Waals surface area contributed by atoms with Crippen molar-refractivity contribution in [1.29, 1.82) is 5.26 Å². The van der Waals surface area contributed by atoms with Crippen LogP contribution in [0.3, 0.4) is 0 Å². The van der Waals surface area contributed by atoms with Gasteiger partial charge < -0.3 is 0 Å². The zero-order valence-electron chi connectivity index (χ0n) is 11.8. The van der Waals surface area contributed by atoms with E-state index in [-0.39, 0.29) is 0 Å². The fourth-order valence-electron chi connectivity index (χ4n) is 2.33. The summed E-state index contributed by atoms with van der Waals surface area (Å²) in [5, 5.41) is 17.3. The SMILES string of the molecule is CCCCCCn1nnc(C#N)c1C(CC)CC. The molecule has 0 unspecified atom stereocenters. The molecule has 18 heavy (non-hydrogen) atoms. The van der Waals surface area contributed by atoms with Crippen molar-refractivity contribution in [3.63, 3.8) is 0 Å². The Morgan fingerprint density at radius 1 is 1.17 bits per heavy atom. The second kappa shape index (κ2) is 7.86. The van der Waals surface area contributed by atoms with Crippen molar-refractivity contribution in [1.82, 2.24) is 15.0 Å². The molecule has 4 nitrogen and oxygen atoms in total. The highest BCUT2D eigenvalue weighted by Crippen LogP contribution is 2.25. The fourth-order valence-corrected chi connectivity index (χ4v) is 2.33. The van der Waals surface area contributed by atoms with E-state index >= 15 is 0 Å². The van der Waals surface area contributed by atoms with Crippen LogP contribution < -0.4 is 0 Å². The number of hydrogen-bond acceptors (Lipinski definition) is 3. The summed E-state index contributed by atoms with van der Waals surface area (Å²) < 4.78 is 1.95. The number of nitriles is 1. The summed E-state index contributed by atoms with van der Waals surface area (Å²) in [4.78, 5) is 0. The van der Waals surface area contributed by atoms with Crippen molar-refractivity contribution < 1.29 is 0 Å². The maximum Gasteiger partial charge on any atom is 0.186 e. The zero-order valence-corrected chi connectivity index (χ0v) is 11.8.